The molecule has 0 heterocycles. The van der Waals surface area contributed by atoms with Gasteiger partial charge in [0.05, 0.1) is 25.4 Å². The van der Waals surface area contributed by atoms with Crippen LogP contribution in [0.2, 0.25) is 0 Å². The van der Waals surface area contributed by atoms with E-state index in [1.807, 2.05) is 36.4 Å². The molecular weight excluding hydrogens is 866 g/mol. The van der Waals surface area contributed by atoms with Gasteiger partial charge in [0.15, 0.2) is 0 Å². The molecule has 0 saturated carbocycles. The number of carboxylic acid groups (broad SMARTS) is 2. The normalized spacial score (nSPS) is 12.0. The van der Waals surface area contributed by atoms with Gasteiger partial charge in [-0.1, -0.05) is 189 Å². The van der Waals surface area contributed by atoms with Gasteiger partial charge in [0, 0.05) is 25.2 Å². The van der Waals surface area contributed by atoms with E-state index in [9.17, 15) is 30.0 Å². The molecule has 0 bridgehead atoms. The molecule has 0 aliphatic heterocycles. The summed E-state index contributed by atoms with van der Waals surface area (Å²) >= 11 is 0. The molecule has 8 nitrogen and oxygen atoms in total. The van der Waals surface area contributed by atoms with Crippen LogP contribution >= 0.6 is 0 Å². The first kappa shape index (κ1) is 57.8. The molecule has 2 rings (SSSR count). The number of aliphatic hydroxyl groups excluding tert-OH is 2. The van der Waals surface area contributed by atoms with E-state index in [0.717, 1.165) is 116 Å². The van der Waals surface area contributed by atoms with E-state index in [0.29, 0.717) is 26.1 Å². The van der Waals surface area contributed by atoms with E-state index in [4.69, 9.17) is 9.47 Å². The van der Waals surface area contributed by atoms with Gasteiger partial charge in [-0.05, 0) is 75.3 Å². The molecule has 2 unspecified atom stereocenters. The second-order valence-corrected chi connectivity index (χ2v) is 16.3. The molecule has 0 fully saturated rings. The van der Waals surface area contributed by atoms with Gasteiger partial charge in [-0.3, -0.25) is 0 Å². The first-order valence-electron chi connectivity index (χ1n) is 23.4. The van der Waals surface area contributed by atoms with Crippen molar-refractivity contribution in [2.75, 3.05) is 13.2 Å². The van der Waals surface area contributed by atoms with Crippen molar-refractivity contribution in [2.24, 2.45) is 0 Å². The zero-order valence-corrected chi connectivity index (χ0v) is 41.5. The Bertz CT molecular complexity index is 1080. The maximum Gasteiger partial charge on any atom is 2.00 e. The van der Waals surface area contributed by atoms with E-state index < -0.39 is 11.9 Å². The van der Waals surface area contributed by atoms with Crippen LogP contribution < -0.4 is 10.2 Å². The summed E-state index contributed by atoms with van der Waals surface area (Å²) in [6.07, 6.45) is 30.3. The van der Waals surface area contributed by atoms with E-state index in [1.165, 1.54) is 75.3 Å². The molecule has 332 valence electrons. The predicted octanol–water partition coefficient (Wildman–Crippen LogP) is 9.95. The van der Waals surface area contributed by atoms with Crippen LogP contribution in [0.15, 0.2) is 60.7 Å². The van der Waals surface area contributed by atoms with Gasteiger partial charge in [0.25, 0.3) is 0 Å². The smallest absolute Gasteiger partial charge is 0.550 e. The van der Waals surface area contributed by atoms with Crippen molar-refractivity contribution in [3.8, 4) is 0 Å². The first-order valence-corrected chi connectivity index (χ1v) is 23.4. The van der Waals surface area contributed by atoms with Gasteiger partial charge >= 0.3 is 48.9 Å². The molecule has 0 spiro atoms. The fourth-order valence-corrected chi connectivity index (χ4v) is 7.11. The quantitative estimate of drug-likeness (QED) is 0.0498. The third-order valence-corrected chi connectivity index (χ3v) is 10.7. The maximum absolute atomic E-state index is 10.3. The van der Waals surface area contributed by atoms with Crippen LogP contribution in [-0.4, -0.2) is 96.5 Å². The van der Waals surface area contributed by atoms with Crippen LogP contribution in [0.25, 0.3) is 0 Å². The third-order valence-electron chi connectivity index (χ3n) is 10.7. The van der Waals surface area contributed by atoms with Crippen molar-refractivity contribution >= 4 is 60.8 Å². The number of hydrogen-bond donors (Lipinski definition) is 2. The van der Waals surface area contributed by atoms with Gasteiger partial charge in [-0.15, -0.1) is 0 Å². The molecule has 2 aromatic carbocycles. The standard InChI is InChI=1S/2C25H42O4.Ba/c2*26-24(19-13-6-4-7-14-20-25(27)28)18-12-5-2-1-3-8-15-21-29-22-23-16-10-9-11-17-23;/h2*9-11,16-17,24,26H,1-8,12-15,18-22H2,(H,27,28);/q;;+2/p-2. The monoisotopic (exact) mass is 949 g/mol. The Balaban J connectivity index is 0.00000112. The molecule has 0 amide bonds. The largest absolute Gasteiger partial charge is 2.00 e. The summed E-state index contributed by atoms with van der Waals surface area (Å²) in [5, 5.41) is 40.7. The van der Waals surface area contributed by atoms with Crippen LogP contribution in [0.4, 0.5) is 0 Å². The Labute approximate surface area is 400 Å². The van der Waals surface area contributed by atoms with Crippen molar-refractivity contribution in [3.05, 3.63) is 71.8 Å². The minimum absolute atomic E-state index is 0. The summed E-state index contributed by atoms with van der Waals surface area (Å²) in [5.41, 5.74) is 2.48. The summed E-state index contributed by atoms with van der Waals surface area (Å²) in [4.78, 5) is 20.6. The van der Waals surface area contributed by atoms with Crippen molar-refractivity contribution < 1.29 is 39.5 Å². The summed E-state index contributed by atoms with van der Waals surface area (Å²) in [7, 11) is 0. The summed E-state index contributed by atoms with van der Waals surface area (Å²) in [5.74, 6) is -1.90. The molecule has 0 aliphatic rings. The van der Waals surface area contributed by atoms with E-state index in [1.54, 1.807) is 0 Å². The average molecular weight is 949 g/mol. The Morgan fingerprint density at radius 2 is 0.661 bits per heavy atom. The van der Waals surface area contributed by atoms with Crippen LogP contribution in [-0.2, 0) is 32.3 Å². The number of unbranched alkanes of at least 4 members (excludes halogenated alkanes) is 20. The molecule has 0 saturated heterocycles. The molecule has 9 heteroatoms. The Morgan fingerprint density at radius 1 is 0.407 bits per heavy atom. The molecule has 2 aromatic rings. The molecule has 0 radical (unpaired) electrons. The minimum Gasteiger partial charge on any atom is -0.550 e. The van der Waals surface area contributed by atoms with Crippen molar-refractivity contribution in [3.63, 3.8) is 0 Å². The van der Waals surface area contributed by atoms with E-state index >= 15 is 0 Å². The zero-order valence-electron chi connectivity index (χ0n) is 37.0. The van der Waals surface area contributed by atoms with Crippen molar-refractivity contribution in [2.45, 2.75) is 218 Å². The molecule has 0 aromatic heterocycles. The van der Waals surface area contributed by atoms with Gasteiger partial charge in [0.2, 0.25) is 0 Å². The average Bonchev–Trinajstić information content (AvgIpc) is 3.22. The van der Waals surface area contributed by atoms with Crippen LogP contribution in [0.1, 0.15) is 204 Å². The molecule has 59 heavy (non-hydrogen) atoms. The number of hydrogen-bond acceptors (Lipinski definition) is 8. The Morgan fingerprint density at radius 3 is 0.949 bits per heavy atom. The number of carbonyl (C=O) groups is 2. The summed E-state index contributed by atoms with van der Waals surface area (Å²) in [6, 6.07) is 20.6. The van der Waals surface area contributed by atoms with Crippen LogP contribution in [0.5, 0.6) is 0 Å². The number of benzene rings is 2. The van der Waals surface area contributed by atoms with Gasteiger partial charge < -0.3 is 39.5 Å². The summed E-state index contributed by atoms with van der Waals surface area (Å²) < 4.78 is 11.4. The van der Waals surface area contributed by atoms with Gasteiger partial charge in [0.1, 0.15) is 0 Å². The van der Waals surface area contributed by atoms with Crippen LogP contribution in [0, 0.1) is 0 Å². The predicted molar refractivity (Wildman–Crippen MR) is 238 cm³/mol. The number of carbonyl (C=O) groups excluding carboxylic acids is 2. The summed E-state index contributed by atoms with van der Waals surface area (Å²) in [6.45, 7) is 3.12. The molecule has 2 N–H and O–H groups in total. The van der Waals surface area contributed by atoms with E-state index in [-0.39, 0.29) is 73.9 Å². The second kappa shape index (κ2) is 44.8. The van der Waals surface area contributed by atoms with Crippen molar-refractivity contribution in [1.82, 2.24) is 0 Å². The Kier molecular flexibility index (Phi) is 43.9. The number of rotatable bonds is 40. The van der Waals surface area contributed by atoms with E-state index in [2.05, 4.69) is 24.3 Å². The topological polar surface area (TPSA) is 139 Å². The fraction of sp³-hybridized carbons (Fsp3) is 0.720. The van der Waals surface area contributed by atoms with Gasteiger partial charge in [-0.2, -0.15) is 0 Å². The number of aliphatic carboxylic acids is 2. The number of ether oxygens (including phenoxy) is 2. The first-order chi connectivity index (χ1) is 28.4. The number of carboxylic acids is 2. The molecular formula is C50H82BaO8. The van der Waals surface area contributed by atoms with Crippen molar-refractivity contribution in [1.29, 1.82) is 0 Å². The SMILES string of the molecule is O=C([O-])CCCCCCCC(O)CCCCCCCCCOCc1ccccc1.O=C([O-])CCCCCCCC(O)CCCCCCCCCOCc1ccccc1.[Ba+2]. The Hall–Kier alpha value is -1.21. The fourth-order valence-electron chi connectivity index (χ4n) is 7.11. The third kappa shape index (κ3) is 43.2. The minimum atomic E-state index is -0.951. The maximum atomic E-state index is 10.3. The molecule has 2 atom stereocenters. The number of aliphatic hydroxyl groups is 2. The molecule has 0 aliphatic carbocycles. The van der Waals surface area contributed by atoms with Crippen LogP contribution in [0.3, 0.4) is 0 Å². The second-order valence-electron chi connectivity index (χ2n) is 16.3. The zero-order chi connectivity index (χ0) is 42.0. The van der Waals surface area contributed by atoms with Gasteiger partial charge in [-0.25, -0.2) is 0 Å².